The van der Waals surface area contributed by atoms with Crippen LogP contribution in [0.2, 0.25) is 0 Å². The summed E-state index contributed by atoms with van der Waals surface area (Å²) in [4.78, 5) is 59.3. The van der Waals surface area contributed by atoms with Gasteiger partial charge in [0.05, 0.1) is 36.8 Å². The first-order valence-electron chi connectivity index (χ1n) is 27.2. The maximum atomic E-state index is 13.5. The Hall–Kier alpha value is -5.70. The highest BCUT2D eigenvalue weighted by Crippen LogP contribution is 2.41. The van der Waals surface area contributed by atoms with Gasteiger partial charge in [0.15, 0.2) is 0 Å². The Kier molecular flexibility index (Phi) is 25.8. The highest BCUT2D eigenvalue weighted by molar-refractivity contribution is 7.90. The second-order valence-electron chi connectivity index (χ2n) is 24.4. The number of carbonyl (C=O) groups excluding carboxylic acids is 4. The fourth-order valence-electron chi connectivity index (χ4n) is 8.43. The molecule has 2 aromatic carbocycles. The zero-order valence-corrected chi connectivity index (χ0v) is 53.7. The number of aromatic nitrogens is 2. The number of alkyl carbamates (subject to hydrolysis) is 2. The molecule has 2 aliphatic rings. The lowest BCUT2D eigenvalue weighted by Gasteiger charge is -2.29. The molecule has 2 aliphatic carbocycles. The summed E-state index contributed by atoms with van der Waals surface area (Å²) in [6, 6.07) is 9.53. The number of amides is 4. The van der Waals surface area contributed by atoms with Crippen molar-refractivity contribution in [1.29, 1.82) is 0 Å². The number of hydrogen-bond donors (Lipinski definition) is 7. The summed E-state index contributed by atoms with van der Waals surface area (Å²) in [6.45, 7) is 28.5. The molecule has 1 fully saturated rings. The Morgan fingerprint density at radius 1 is 0.590 bits per heavy atom. The van der Waals surface area contributed by atoms with Crippen LogP contribution in [0, 0.1) is 0 Å². The van der Waals surface area contributed by atoms with E-state index in [0.29, 0.717) is 40.2 Å². The van der Waals surface area contributed by atoms with Crippen molar-refractivity contribution >= 4 is 84.0 Å². The second-order valence-corrected chi connectivity index (χ2v) is 29.8. The molecule has 1 atom stereocenters. The molecule has 4 amide bonds. The number of aliphatic hydroxyl groups is 1. The number of allylic oxidation sites excluding steroid dienone is 1. The Balaban J connectivity index is 0.000000418. The number of rotatable bonds is 14. The molecule has 0 saturated heterocycles. The van der Waals surface area contributed by atoms with E-state index in [-0.39, 0.29) is 47.4 Å². The Bertz CT molecular complexity index is 3080. The van der Waals surface area contributed by atoms with Gasteiger partial charge < -0.3 is 34.7 Å². The van der Waals surface area contributed by atoms with Crippen LogP contribution in [0.4, 0.5) is 30.6 Å². The third-order valence-electron chi connectivity index (χ3n) is 11.4. The number of benzene rings is 2. The Morgan fingerprint density at radius 3 is 1.41 bits per heavy atom. The molecule has 0 aliphatic heterocycles. The van der Waals surface area contributed by atoms with Crippen LogP contribution in [0.3, 0.4) is 0 Å². The highest BCUT2D eigenvalue weighted by atomic mass is 32.2. The van der Waals surface area contributed by atoms with E-state index in [4.69, 9.17) is 24.1 Å². The van der Waals surface area contributed by atoms with Crippen LogP contribution in [0.15, 0.2) is 64.7 Å². The van der Waals surface area contributed by atoms with Gasteiger partial charge in [0.1, 0.15) is 16.2 Å². The van der Waals surface area contributed by atoms with Crippen molar-refractivity contribution < 1.29 is 60.1 Å². The number of sulfonamides is 2. The van der Waals surface area contributed by atoms with E-state index in [1.54, 1.807) is 106 Å². The molecular formula is C58H90N8O13S4. The lowest BCUT2D eigenvalue weighted by atomic mass is 9.86. The summed E-state index contributed by atoms with van der Waals surface area (Å²) >= 11 is 2.86. The molecule has 0 bridgehead atoms. The van der Waals surface area contributed by atoms with Crippen LogP contribution in [0.25, 0.3) is 26.5 Å². The van der Waals surface area contributed by atoms with Gasteiger partial charge in [0, 0.05) is 71.1 Å². The molecule has 4 aromatic rings. The molecule has 6 rings (SSSR count). The van der Waals surface area contributed by atoms with Crippen molar-refractivity contribution in [2.75, 3.05) is 17.7 Å². The number of aliphatic hydroxyl groups excluding tert-OH is 1. The minimum Gasteiger partial charge on any atom is -0.447 e. The van der Waals surface area contributed by atoms with Crippen LogP contribution >= 0.6 is 22.7 Å². The molecule has 0 radical (unpaired) electrons. The maximum Gasteiger partial charge on any atom is 0.411 e. The van der Waals surface area contributed by atoms with Crippen LogP contribution in [-0.4, -0.2) is 110 Å². The van der Waals surface area contributed by atoms with Gasteiger partial charge in [-0.05, 0) is 186 Å². The minimum absolute atomic E-state index is 0. The fourth-order valence-corrected chi connectivity index (χ4v) is 14.0. The van der Waals surface area contributed by atoms with Crippen molar-refractivity contribution in [3.8, 4) is 20.9 Å². The van der Waals surface area contributed by atoms with Crippen molar-refractivity contribution in [3.05, 3.63) is 64.9 Å². The molecule has 1 unspecified atom stereocenters. The number of ether oxygens (including phenoxy) is 4. The van der Waals surface area contributed by atoms with E-state index >= 15 is 0 Å². The fraction of sp³-hybridized carbons (Fsp3) is 0.586. The van der Waals surface area contributed by atoms with Gasteiger partial charge in [-0.2, -0.15) is 0 Å². The van der Waals surface area contributed by atoms with Crippen molar-refractivity contribution in [2.24, 2.45) is 0 Å². The molecular weight excluding hydrogens is 1140 g/mol. The lowest BCUT2D eigenvalue weighted by molar-refractivity contribution is 0.0483. The van der Waals surface area contributed by atoms with Gasteiger partial charge in [0.2, 0.25) is 20.0 Å². The van der Waals surface area contributed by atoms with Gasteiger partial charge in [-0.15, -0.1) is 22.7 Å². The second kappa shape index (κ2) is 29.9. The molecule has 25 heteroatoms. The smallest absolute Gasteiger partial charge is 0.411 e. The molecule has 1 saturated carbocycles. The zero-order valence-electron chi connectivity index (χ0n) is 50.4. The summed E-state index contributed by atoms with van der Waals surface area (Å²) in [5.41, 5.74) is 0.109. The minimum atomic E-state index is -3.96. The third-order valence-corrected chi connectivity index (χ3v) is 17.3. The molecule has 7 N–H and O–H groups in total. The molecule has 2 heterocycles. The molecule has 2 aromatic heterocycles. The lowest BCUT2D eigenvalue weighted by Crippen LogP contribution is -2.40. The van der Waals surface area contributed by atoms with Gasteiger partial charge in [-0.1, -0.05) is 25.6 Å². The van der Waals surface area contributed by atoms with Crippen LogP contribution < -0.4 is 30.7 Å². The van der Waals surface area contributed by atoms with E-state index < -0.39 is 66.7 Å². The van der Waals surface area contributed by atoms with Crippen LogP contribution in [-0.2, 0) is 39.0 Å². The first kappa shape index (κ1) is 71.6. The Morgan fingerprint density at radius 2 is 1.01 bits per heavy atom. The number of nitrogens with zero attached hydrogens (tertiary/aromatic N) is 2. The summed E-state index contributed by atoms with van der Waals surface area (Å²) in [7, 11) is -6.90. The number of hydrogen-bond acceptors (Lipinski definition) is 17. The maximum absolute atomic E-state index is 13.5. The number of carbonyl (C=O) groups is 4. The van der Waals surface area contributed by atoms with Crippen molar-refractivity contribution in [2.45, 2.75) is 225 Å². The zero-order chi connectivity index (χ0) is 61.8. The van der Waals surface area contributed by atoms with E-state index in [1.807, 2.05) is 41.5 Å². The SMILES string of the molecule is C.CC(C)OC(=O)Nc1ccc(-c2cnc(C3=CCC(NC(=O)OC(C)(C)C)CC3)s2)c(S(=O)(=O)NC(C)(C)C)c1.CC(C)OC(=O)Nc1ccc(-c2cnc(C3CCC(NC(=O)OC(C)(C)C)CC3)s2)c(S(=O)(=O)NC(C)(C)C)c1.CO. The summed E-state index contributed by atoms with van der Waals surface area (Å²) in [5.74, 6) is 0.218. The largest absolute Gasteiger partial charge is 0.447 e. The Labute approximate surface area is 500 Å². The monoisotopic (exact) mass is 1230 g/mol. The average Bonchev–Trinajstić information content (AvgIpc) is 4.24. The molecule has 21 nitrogen and oxygen atoms in total. The van der Waals surface area contributed by atoms with Crippen LogP contribution in [0.1, 0.15) is 179 Å². The number of thiazole rings is 2. The molecule has 464 valence electrons. The van der Waals surface area contributed by atoms with Gasteiger partial charge in [-0.25, -0.2) is 55.4 Å². The average molecular weight is 1240 g/mol. The molecule has 83 heavy (non-hydrogen) atoms. The topological polar surface area (TPSA) is 292 Å². The van der Waals surface area contributed by atoms with Crippen molar-refractivity contribution in [3.63, 3.8) is 0 Å². The first-order chi connectivity index (χ1) is 37.8. The van der Waals surface area contributed by atoms with E-state index in [0.717, 1.165) is 59.7 Å². The van der Waals surface area contributed by atoms with Gasteiger partial charge in [0.25, 0.3) is 0 Å². The van der Waals surface area contributed by atoms with E-state index in [2.05, 4.69) is 46.8 Å². The normalized spacial score (nSPS) is 16.8. The predicted molar refractivity (Wildman–Crippen MR) is 330 cm³/mol. The van der Waals surface area contributed by atoms with Crippen molar-refractivity contribution in [1.82, 2.24) is 30.0 Å². The quantitative estimate of drug-likeness (QED) is 0.0578. The van der Waals surface area contributed by atoms with E-state index in [9.17, 15) is 36.0 Å². The van der Waals surface area contributed by atoms with Crippen LogP contribution in [0.5, 0.6) is 0 Å². The first-order valence-corrected chi connectivity index (χ1v) is 31.8. The highest BCUT2D eigenvalue weighted by Gasteiger charge is 2.32. The molecule has 0 spiro atoms. The van der Waals surface area contributed by atoms with E-state index in [1.165, 1.54) is 34.8 Å². The summed E-state index contributed by atoms with van der Waals surface area (Å²) in [5, 5.41) is 19.8. The summed E-state index contributed by atoms with van der Waals surface area (Å²) < 4.78 is 80.2. The standard InChI is InChI=1S/C28H42N4O6S2.C28H40N4O6S2.CH4O.CH4/c2*1-17(2)37-25(33)31-20-13-14-21(23(15-20)40(35,36)32-27(3,4)5)22-16-29-24(39-22)18-9-11-19(12-10-18)30-26(34)38-28(6,7)8;1-2;/h13-19,32H,9-12H2,1-8H3,(H,30,34)(H,31,33);9,13-17,19,32H,10-12H2,1-8H3,(H,30,34)(H,31,33);2H,1H3;1H4. The van der Waals surface area contributed by atoms with Gasteiger partial charge >= 0.3 is 24.4 Å². The predicted octanol–water partition coefficient (Wildman–Crippen LogP) is 12.9. The summed E-state index contributed by atoms with van der Waals surface area (Å²) in [6.07, 6.45) is 8.04. The number of anilines is 2. The van der Waals surface area contributed by atoms with Gasteiger partial charge in [-0.3, -0.25) is 10.6 Å². The number of nitrogens with one attached hydrogen (secondary N) is 6. The third kappa shape index (κ3) is 24.1.